The molecule has 2 rings (SSSR count). The third kappa shape index (κ3) is 3.89. The first-order valence-corrected chi connectivity index (χ1v) is 7.54. The number of nitrogens with one attached hydrogen (secondary N) is 1. The second-order valence-electron chi connectivity index (χ2n) is 3.51. The lowest BCUT2D eigenvalue weighted by Crippen LogP contribution is -2.16. The van der Waals surface area contributed by atoms with Crippen molar-refractivity contribution in [2.24, 2.45) is 5.10 Å². The average molecular weight is 404 g/mol. The molecule has 19 heavy (non-hydrogen) atoms. The van der Waals surface area contributed by atoms with Crippen LogP contribution in [0.25, 0.3) is 0 Å². The Balaban J connectivity index is 2.04. The number of nitrogens with zero attached hydrogens (tertiary/aromatic N) is 1. The Morgan fingerprint density at radius 3 is 2.79 bits per heavy atom. The molecular weight excluding hydrogens is 396 g/mol. The van der Waals surface area contributed by atoms with Gasteiger partial charge >= 0.3 is 0 Å². The van der Waals surface area contributed by atoms with E-state index in [2.05, 4.69) is 42.4 Å². The lowest BCUT2D eigenvalue weighted by molar-refractivity contribution is 0.0959. The summed E-state index contributed by atoms with van der Waals surface area (Å²) in [6.07, 6.45) is 1.39. The topological polar surface area (TPSA) is 61.7 Å². The fraction of sp³-hybridized carbons (Fsp3) is 0. The van der Waals surface area contributed by atoms with E-state index in [0.717, 1.165) is 8.26 Å². The number of benzene rings is 1. The van der Waals surface area contributed by atoms with Crippen molar-refractivity contribution >= 4 is 55.3 Å². The van der Waals surface area contributed by atoms with E-state index in [1.807, 2.05) is 0 Å². The maximum absolute atomic E-state index is 11.7. The van der Waals surface area contributed by atoms with Crippen molar-refractivity contribution in [1.29, 1.82) is 0 Å². The molecule has 1 heterocycles. The smallest absolute Gasteiger partial charge is 0.281 e. The SMILES string of the molecule is O=C(N/N=C/c1cc(Br)ccc1O)c1ccc(Br)s1. The summed E-state index contributed by atoms with van der Waals surface area (Å²) in [4.78, 5) is 12.3. The first-order valence-electron chi connectivity index (χ1n) is 5.13. The molecule has 0 aliphatic carbocycles. The van der Waals surface area contributed by atoms with E-state index in [-0.39, 0.29) is 11.7 Å². The zero-order valence-electron chi connectivity index (χ0n) is 9.43. The third-order valence-electron chi connectivity index (χ3n) is 2.16. The van der Waals surface area contributed by atoms with Gasteiger partial charge in [-0.15, -0.1) is 11.3 Å². The quantitative estimate of drug-likeness (QED) is 0.605. The molecule has 0 fully saturated rings. The lowest BCUT2D eigenvalue weighted by Gasteiger charge is -1.99. The number of amides is 1. The highest BCUT2D eigenvalue weighted by molar-refractivity contribution is 9.11. The van der Waals surface area contributed by atoms with E-state index in [9.17, 15) is 9.90 Å². The molecule has 1 aromatic heterocycles. The highest BCUT2D eigenvalue weighted by atomic mass is 79.9. The average Bonchev–Trinajstić information content (AvgIpc) is 2.80. The maximum atomic E-state index is 11.7. The van der Waals surface area contributed by atoms with Gasteiger partial charge in [-0.25, -0.2) is 5.43 Å². The zero-order chi connectivity index (χ0) is 13.8. The number of aromatic hydroxyl groups is 1. The second kappa shape index (κ2) is 6.31. The summed E-state index contributed by atoms with van der Waals surface area (Å²) in [6.45, 7) is 0. The third-order valence-corrected chi connectivity index (χ3v) is 4.27. The molecule has 2 N–H and O–H groups in total. The highest BCUT2D eigenvalue weighted by Gasteiger charge is 2.06. The van der Waals surface area contributed by atoms with E-state index in [1.54, 1.807) is 30.3 Å². The van der Waals surface area contributed by atoms with Crippen LogP contribution in [0.15, 0.2) is 43.7 Å². The second-order valence-corrected chi connectivity index (χ2v) is 6.88. The van der Waals surface area contributed by atoms with Crippen LogP contribution in [0.5, 0.6) is 5.75 Å². The summed E-state index contributed by atoms with van der Waals surface area (Å²) in [5.41, 5.74) is 2.92. The van der Waals surface area contributed by atoms with Gasteiger partial charge in [0.2, 0.25) is 0 Å². The molecule has 0 aliphatic rings. The van der Waals surface area contributed by atoms with Crippen LogP contribution in [-0.4, -0.2) is 17.2 Å². The van der Waals surface area contributed by atoms with E-state index < -0.39 is 0 Å². The Bertz CT molecular complexity index is 640. The molecule has 0 aliphatic heterocycles. The summed E-state index contributed by atoms with van der Waals surface area (Å²) in [5, 5.41) is 13.4. The van der Waals surface area contributed by atoms with Gasteiger partial charge in [0.05, 0.1) is 14.9 Å². The van der Waals surface area contributed by atoms with Gasteiger partial charge < -0.3 is 5.11 Å². The molecule has 0 unspecified atom stereocenters. The van der Waals surface area contributed by atoms with Crippen LogP contribution in [0, 0.1) is 0 Å². The van der Waals surface area contributed by atoms with Crippen molar-refractivity contribution in [1.82, 2.24) is 5.43 Å². The monoisotopic (exact) mass is 402 g/mol. The summed E-state index contributed by atoms with van der Waals surface area (Å²) in [6, 6.07) is 8.46. The van der Waals surface area contributed by atoms with Gasteiger partial charge in [-0.3, -0.25) is 4.79 Å². The van der Waals surface area contributed by atoms with Crippen LogP contribution in [-0.2, 0) is 0 Å². The molecule has 0 saturated heterocycles. The van der Waals surface area contributed by atoms with Crippen molar-refractivity contribution in [3.63, 3.8) is 0 Å². The first kappa shape index (κ1) is 14.2. The van der Waals surface area contributed by atoms with Crippen LogP contribution in [0.4, 0.5) is 0 Å². The molecule has 2 aromatic rings. The van der Waals surface area contributed by atoms with Crippen LogP contribution in [0.3, 0.4) is 0 Å². The lowest BCUT2D eigenvalue weighted by atomic mass is 10.2. The van der Waals surface area contributed by atoms with Crippen molar-refractivity contribution in [3.8, 4) is 5.75 Å². The number of hydrogen-bond acceptors (Lipinski definition) is 4. The number of carbonyl (C=O) groups excluding carboxylic acids is 1. The fourth-order valence-corrected chi connectivity index (χ4v) is 2.94. The van der Waals surface area contributed by atoms with Gasteiger partial charge in [0.15, 0.2) is 0 Å². The van der Waals surface area contributed by atoms with Crippen molar-refractivity contribution in [3.05, 3.63) is 49.0 Å². The molecule has 0 spiro atoms. The molecule has 1 amide bonds. The number of phenols is 1. The minimum Gasteiger partial charge on any atom is -0.507 e. The normalized spacial score (nSPS) is 10.8. The number of thiophene rings is 1. The zero-order valence-corrected chi connectivity index (χ0v) is 13.4. The standard InChI is InChI=1S/C12H8Br2N2O2S/c13-8-1-2-9(17)7(5-8)6-15-16-12(18)10-3-4-11(14)19-10/h1-6,17H,(H,16,18)/b15-6+. The van der Waals surface area contributed by atoms with Gasteiger partial charge in [0.25, 0.3) is 5.91 Å². The van der Waals surface area contributed by atoms with Crippen molar-refractivity contribution in [2.45, 2.75) is 0 Å². The molecule has 0 atom stereocenters. The van der Waals surface area contributed by atoms with Crippen LogP contribution in [0.2, 0.25) is 0 Å². The molecule has 7 heteroatoms. The van der Waals surface area contributed by atoms with Crippen molar-refractivity contribution < 1.29 is 9.90 Å². The molecule has 0 bridgehead atoms. The minimum atomic E-state index is -0.290. The van der Waals surface area contributed by atoms with E-state index in [0.29, 0.717) is 10.4 Å². The molecule has 0 radical (unpaired) electrons. The summed E-state index contributed by atoms with van der Waals surface area (Å²) < 4.78 is 1.70. The Labute approximate surface area is 130 Å². The van der Waals surface area contributed by atoms with E-state index >= 15 is 0 Å². The highest BCUT2D eigenvalue weighted by Crippen LogP contribution is 2.22. The summed E-state index contributed by atoms with van der Waals surface area (Å²) in [5.74, 6) is -0.193. The van der Waals surface area contributed by atoms with Crippen LogP contribution in [0.1, 0.15) is 15.2 Å². The molecule has 98 valence electrons. The molecule has 1 aromatic carbocycles. The predicted octanol–water partition coefficient (Wildman–Crippen LogP) is 3.74. The van der Waals surface area contributed by atoms with Gasteiger partial charge in [0.1, 0.15) is 5.75 Å². The Kier molecular flexibility index (Phi) is 4.73. The molecule has 4 nitrogen and oxygen atoms in total. The number of phenolic OH excluding ortho intramolecular Hbond substituents is 1. The largest absolute Gasteiger partial charge is 0.507 e. The van der Waals surface area contributed by atoms with E-state index in [1.165, 1.54) is 17.6 Å². The number of hydrogen-bond donors (Lipinski definition) is 2. The number of carbonyl (C=O) groups is 1. The number of hydrazone groups is 1. The predicted molar refractivity (Wildman–Crippen MR) is 82.9 cm³/mol. The fourth-order valence-electron chi connectivity index (χ4n) is 1.28. The van der Waals surface area contributed by atoms with E-state index in [4.69, 9.17) is 0 Å². The molecule has 0 saturated carbocycles. The van der Waals surface area contributed by atoms with Gasteiger partial charge in [0, 0.05) is 10.0 Å². The first-order chi connectivity index (χ1) is 9.06. The number of rotatable bonds is 3. The van der Waals surface area contributed by atoms with Gasteiger partial charge in [-0.05, 0) is 46.3 Å². The Morgan fingerprint density at radius 2 is 2.11 bits per heavy atom. The maximum Gasteiger partial charge on any atom is 0.281 e. The Morgan fingerprint density at radius 1 is 1.32 bits per heavy atom. The minimum absolute atomic E-state index is 0.0973. The summed E-state index contributed by atoms with van der Waals surface area (Å²) >= 11 is 7.90. The van der Waals surface area contributed by atoms with Crippen LogP contribution >= 0.6 is 43.2 Å². The van der Waals surface area contributed by atoms with Crippen LogP contribution < -0.4 is 5.43 Å². The molecular formula is C12H8Br2N2O2S. The van der Waals surface area contributed by atoms with Gasteiger partial charge in [-0.1, -0.05) is 15.9 Å². The number of halogens is 2. The summed E-state index contributed by atoms with van der Waals surface area (Å²) in [7, 11) is 0. The van der Waals surface area contributed by atoms with Gasteiger partial charge in [-0.2, -0.15) is 5.10 Å². The Hall–Kier alpha value is -1.18. The van der Waals surface area contributed by atoms with Crippen molar-refractivity contribution in [2.75, 3.05) is 0 Å².